The Bertz CT molecular complexity index is 538. The number of hydroxylamine groups is 1. The van der Waals surface area contributed by atoms with E-state index in [0.717, 1.165) is 17.1 Å². The SMILES string of the molecule is CCONC(=O)c1sccc1-n1c(C)ccc1C. The van der Waals surface area contributed by atoms with Gasteiger partial charge in [0, 0.05) is 11.4 Å². The summed E-state index contributed by atoms with van der Waals surface area (Å²) in [5, 5.41) is 1.91. The number of rotatable bonds is 4. The normalized spacial score (nSPS) is 10.6. The number of hydrogen-bond acceptors (Lipinski definition) is 3. The van der Waals surface area contributed by atoms with Crippen molar-refractivity contribution >= 4 is 17.2 Å². The van der Waals surface area contributed by atoms with E-state index in [0.29, 0.717) is 11.5 Å². The van der Waals surface area contributed by atoms with Crippen LogP contribution in [0.15, 0.2) is 23.6 Å². The van der Waals surface area contributed by atoms with E-state index in [1.54, 1.807) is 0 Å². The summed E-state index contributed by atoms with van der Waals surface area (Å²) in [7, 11) is 0. The average molecular weight is 264 g/mol. The van der Waals surface area contributed by atoms with E-state index >= 15 is 0 Å². The third kappa shape index (κ3) is 2.32. The summed E-state index contributed by atoms with van der Waals surface area (Å²) >= 11 is 1.41. The van der Waals surface area contributed by atoms with Crippen LogP contribution in [0.25, 0.3) is 5.69 Å². The zero-order chi connectivity index (χ0) is 13.1. The molecule has 0 aliphatic heterocycles. The zero-order valence-electron chi connectivity index (χ0n) is 10.7. The number of aromatic nitrogens is 1. The number of nitrogens with zero attached hydrogens (tertiary/aromatic N) is 1. The Kier molecular flexibility index (Phi) is 3.84. The van der Waals surface area contributed by atoms with Crippen molar-refractivity contribution in [2.75, 3.05) is 6.61 Å². The molecule has 4 nitrogen and oxygen atoms in total. The van der Waals surface area contributed by atoms with Crippen LogP contribution in [-0.4, -0.2) is 17.1 Å². The van der Waals surface area contributed by atoms with E-state index in [1.807, 2.05) is 44.4 Å². The second kappa shape index (κ2) is 5.37. The highest BCUT2D eigenvalue weighted by molar-refractivity contribution is 7.12. The highest BCUT2D eigenvalue weighted by atomic mass is 32.1. The zero-order valence-corrected chi connectivity index (χ0v) is 11.5. The van der Waals surface area contributed by atoms with E-state index < -0.39 is 0 Å². The molecule has 0 unspecified atom stereocenters. The van der Waals surface area contributed by atoms with Gasteiger partial charge in [-0.2, -0.15) is 0 Å². The topological polar surface area (TPSA) is 43.3 Å². The monoisotopic (exact) mass is 264 g/mol. The third-order valence-corrected chi connectivity index (χ3v) is 3.57. The Morgan fingerprint density at radius 1 is 1.33 bits per heavy atom. The van der Waals surface area contributed by atoms with Crippen molar-refractivity contribution in [3.63, 3.8) is 0 Å². The molecule has 0 bridgehead atoms. The first-order valence-corrected chi connectivity index (χ1v) is 6.68. The van der Waals surface area contributed by atoms with Crippen molar-refractivity contribution < 1.29 is 9.63 Å². The van der Waals surface area contributed by atoms with E-state index in [-0.39, 0.29) is 5.91 Å². The highest BCUT2D eigenvalue weighted by Gasteiger charge is 2.16. The molecule has 0 radical (unpaired) electrons. The van der Waals surface area contributed by atoms with Gasteiger partial charge in [-0.25, -0.2) is 5.48 Å². The van der Waals surface area contributed by atoms with Gasteiger partial charge in [-0.3, -0.25) is 9.63 Å². The molecule has 0 saturated heterocycles. The predicted molar refractivity (Wildman–Crippen MR) is 72.2 cm³/mol. The number of hydrogen-bond donors (Lipinski definition) is 1. The molecule has 2 aromatic heterocycles. The number of amides is 1. The molecule has 2 aromatic rings. The highest BCUT2D eigenvalue weighted by Crippen LogP contribution is 2.24. The molecular weight excluding hydrogens is 248 g/mol. The molecular formula is C13H16N2O2S. The fraction of sp³-hybridized carbons (Fsp3) is 0.308. The summed E-state index contributed by atoms with van der Waals surface area (Å²) in [6.45, 7) is 6.33. The standard InChI is InChI=1S/C13H16N2O2S/c1-4-17-14-13(16)12-11(7-8-18-12)15-9(2)5-6-10(15)3/h5-8H,4H2,1-3H3,(H,14,16). The smallest absolute Gasteiger partial charge is 0.287 e. The summed E-state index contributed by atoms with van der Waals surface area (Å²) in [6, 6.07) is 6.03. The molecule has 0 spiro atoms. The third-order valence-electron chi connectivity index (χ3n) is 2.67. The van der Waals surface area contributed by atoms with Crippen LogP contribution in [0.5, 0.6) is 0 Å². The molecule has 2 heterocycles. The van der Waals surface area contributed by atoms with Gasteiger partial charge in [0.15, 0.2) is 0 Å². The molecule has 0 saturated carbocycles. The fourth-order valence-corrected chi connectivity index (χ4v) is 2.64. The molecule has 0 aromatic carbocycles. The van der Waals surface area contributed by atoms with E-state index in [2.05, 4.69) is 10.0 Å². The van der Waals surface area contributed by atoms with E-state index in [9.17, 15) is 4.79 Å². The van der Waals surface area contributed by atoms with Crippen molar-refractivity contribution in [2.24, 2.45) is 0 Å². The van der Waals surface area contributed by atoms with Crippen molar-refractivity contribution in [3.05, 3.63) is 39.8 Å². The van der Waals surface area contributed by atoms with Crippen molar-refractivity contribution in [3.8, 4) is 5.69 Å². The molecule has 96 valence electrons. The first-order chi connectivity index (χ1) is 8.65. The molecule has 0 atom stereocenters. The van der Waals surface area contributed by atoms with Gasteiger partial charge in [0.25, 0.3) is 5.91 Å². The van der Waals surface area contributed by atoms with Crippen LogP contribution in [-0.2, 0) is 4.84 Å². The predicted octanol–water partition coefficient (Wildman–Crippen LogP) is 2.84. The Balaban J connectivity index is 2.36. The Hall–Kier alpha value is -1.59. The molecule has 18 heavy (non-hydrogen) atoms. The van der Waals surface area contributed by atoms with Crippen molar-refractivity contribution in [1.82, 2.24) is 10.0 Å². The fourth-order valence-electron chi connectivity index (χ4n) is 1.88. The summed E-state index contributed by atoms with van der Waals surface area (Å²) in [5.41, 5.74) is 5.55. The summed E-state index contributed by atoms with van der Waals surface area (Å²) in [6.07, 6.45) is 0. The second-order valence-electron chi connectivity index (χ2n) is 3.95. The average Bonchev–Trinajstić information content (AvgIpc) is 2.93. The summed E-state index contributed by atoms with van der Waals surface area (Å²) in [5.74, 6) is -0.200. The van der Waals surface area contributed by atoms with Gasteiger partial charge in [-0.15, -0.1) is 11.3 Å². The van der Waals surface area contributed by atoms with Crippen molar-refractivity contribution in [1.29, 1.82) is 0 Å². The Labute approximate surface area is 110 Å². The lowest BCUT2D eigenvalue weighted by Gasteiger charge is -2.10. The first kappa shape index (κ1) is 12.9. The molecule has 1 N–H and O–H groups in total. The maximum atomic E-state index is 12.0. The first-order valence-electron chi connectivity index (χ1n) is 5.80. The molecule has 0 aliphatic carbocycles. The van der Waals surface area contributed by atoms with Gasteiger partial charge in [0.05, 0.1) is 12.3 Å². The number of thiophene rings is 1. The van der Waals surface area contributed by atoms with Crippen molar-refractivity contribution in [2.45, 2.75) is 20.8 Å². The summed E-state index contributed by atoms with van der Waals surface area (Å²) < 4.78 is 2.07. The summed E-state index contributed by atoms with van der Waals surface area (Å²) in [4.78, 5) is 17.6. The lowest BCUT2D eigenvalue weighted by Crippen LogP contribution is -2.23. The van der Waals surface area contributed by atoms with Gasteiger partial charge >= 0.3 is 0 Å². The van der Waals surface area contributed by atoms with E-state index in [1.165, 1.54) is 11.3 Å². The number of carbonyl (C=O) groups is 1. The van der Waals surface area contributed by atoms with Gasteiger partial charge < -0.3 is 4.57 Å². The lowest BCUT2D eigenvalue weighted by atomic mass is 10.3. The minimum Gasteiger partial charge on any atom is -0.317 e. The molecule has 2 rings (SSSR count). The number of carbonyl (C=O) groups excluding carboxylic acids is 1. The van der Waals surface area contributed by atoms with Crippen LogP contribution in [0.4, 0.5) is 0 Å². The second-order valence-corrected chi connectivity index (χ2v) is 4.87. The van der Waals surface area contributed by atoms with Crippen LogP contribution >= 0.6 is 11.3 Å². The maximum Gasteiger partial charge on any atom is 0.287 e. The quantitative estimate of drug-likeness (QED) is 0.863. The number of nitrogens with one attached hydrogen (secondary N) is 1. The molecule has 5 heteroatoms. The minimum atomic E-state index is -0.200. The van der Waals surface area contributed by atoms with Gasteiger partial charge in [-0.05, 0) is 44.4 Å². The lowest BCUT2D eigenvalue weighted by molar-refractivity contribution is 0.0368. The Morgan fingerprint density at radius 3 is 2.61 bits per heavy atom. The largest absolute Gasteiger partial charge is 0.317 e. The van der Waals surface area contributed by atoms with Crippen LogP contribution in [0.1, 0.15) is 28.0 Å². The van der Waals surface area contributed by atoms with Crippen LogP contribution in [0.3, 0.4) is 0 Å². The number of aryl methyl sites for hydroxylation is 2. The van der Waals surface area contributed by atoms with Crippen LogP contribution in [0, 0.1) is 13.8 Å². The van der Waals surface area contributed by atoms with Gasteiger partial charge in [-0.1, -0.05) is 0 Å². The molecule has 1 amide bonds. The van der Waals surface area contributed by atoms with Gasteiger partial charge in [0.1, 0.15) is 4.88 Å². The van der Waals surface area contributed by atoms with Crippen LogP contribution < -0.4 is 5.48 Å². The van der Waals surface area contributed by atoms with Gasteiger partial charge in [0.2, 0.25) is 0 Å². The maximum absolute atomic E-state index is 12.0. The molecule has 0 aliphatic rings. The minimum absolute atomic E-state index is 0.200. The Morgan fingerprint density at radius 2 is 2.00 bits per heavy atom. The van der Waals surface area contributed by atoms with Crippen LogP contribution in [0.2, 0.25) is 0 Å². The molecule has 0 fully saturated rings. The van der Waals surface area contributed by atoms with E-state index in [4.69, 9.17) is 4.84 Å².